The molecule has 154 valence electrons. The molecule has 0 amide bonds. The third-order valence-electron chi connectivity index (χ3n) is 4.57. The third-order valence-corrected chi connectivity index (χ3v) is 8.65. The van der Waals surface area contributed by atoms with E-state index in [9.17, 15) is 21.6 Å². The molecule has 1 aromatic carbocycles. The second-order valence-electron chi connectivity index (χ2n) is 6.80. The summed E-state index contributed by atoms with van der Waals surface area (Å²) in [5, 5.41) is 0. The van der Waals surface area contributed by atoms with Gasteiger partial charge in [0.1, 0.15) is 15.5 Å². The molecule has 29 heavy (non-hydrogen) atoms. The fourth-order valence-electron chi connectivity index (χ4n) is 3.43. The first-order valence-electron chi connectivity index (χ1n) is 9.43. The van der Waals surface area contributed by atoms with Crippen molar-refractivity contribution in [1.82, 2.24) is 4.40 Å². The number of benzene rings is 1. The normalized spacial score (nSPS) is 12.3. The first kappa shape index (κ1) is 21.3. The molecule has 0 saturated carbocycles. The second kappa shape index (κ2) is 8.12. The van der Waals surface area contributed by atoms with Crippen LogP contribution in [0.1, 0.15) is 42.7 Å². The van der Waals surface area contributed by atoms with Crippen LogP contribution in [0.3, 0.4) is 0 Å². The van der Waals surface area contributed by atoms with E-state index in [0.29, 0.717) is 18.4 Å². The van der Waals surface area contributed by atoms with Gasteiger partial charge in [0.25, 0.3) is 0 Å². The van der Waals surface area contributed by atoms with E-state index in [0.717, 1.165) is 0 Å². The summed E-state index contributed by atoms with van der Waals surface area (Å²) < 4.78 is 54.0. The average molecular weight is 434 g/mol. The summed E-state index contributed by atoms with van der Waals surface area (Å²) in [7, 11) is -7.92. The van der Waals surface area contributed by atoms with E-state index in [4.69, 9.17) is 0 Å². The molecule has 0 N–H and O–H groups in total. The molecule has 2 aromatic heterocycles. The number of hydrogen-bond donors (Lipinski definition) is 0. The first-order valence-corrected chi connectivity index (χ1v) is 12.7. The zero-order valence-electron chi connectivity index (χ0n) is 16.3. The van der Waals surface area contributed by atoms with Crippen molar-refractivity contribution in [3.8, 4) is 0 Å². The Morgan fingerprint density at radius 3 is 1.93 bits per heavy atom. The van der Waals surface area contributed by atoms with E-state index >= 15 is 0 Å². The summed E-state index contributed by atoms with van der Waals surface area (Å²) >= 11 is 0. The maximum atomic E-state index is 13.4. The van der Waals surface area contributed by atoms with Crippen LogP contribution in [-0.2, 0) is 19.7 Å². The van der Waals surface area contributed by atoms with Gasteiger partial charge in [0.2, 0.25) is 5.78 Å². The van der Waals surface area contributed by atoms with E-state index in [1.54, 1.807) is 56.3 Å². The van der Waals surface area contributed by atoms with Crippen LogP contribution in [0.4, 0.5) is 0 Å². The van der Waals surface area contributed by atoms with Crippen molar-refractivity contribution in [1.29, 1.82) is 0 Å². The summed E-state index contributed by atoms with van der Waals surface area (Å²) in [4.78, 5) is 12.7. The van der Waals surface area contributed by atoms with Crippen LogP contribution in [0, 0.1) is 0 Å². The van der Waals surface area contributed by atoms with Crippen LogP contribution >= 0.6 is 0 Å². The molecule has 0 saturated heterocycles. The fraction of sp³-hybridized carbons (Fsp3) is 0.286. The molecular weight excluding hydrogens is 410 g/mol. The summed E-state index contributed by atoms with van der Waals surface area (Å²) in [5.74, 6) is -0.970. The van der Waals surface area contributed by atoms with Crippen molar-refractivity contribution in [3.63, 3.8) is 0 Å². The molecule has 3 rings (SSSR count). The molecule has 2 heterocycles. The molecule has 3 aromatic rings. The number of ketones is 1. The van der Waals surface area contributed by atoms with Crippen molar-refractivity contribution in [2.75, 3.05) is 11.5 Å². The standard InChI is InChI=1S/C21H23NO5S2/c1-3-14-28(24,25)20-17-12-8-9-13-22(17)18(21(20)29(26,27)15-4-2)19(23)16-10-6-5-7-11-16/h5-13H,3-4,14-15H2,1-2H3. The van der Waals surface area contributed by atoms with Crippen molar-refractivity contribution in [2.24, 2.45) is 0 Å². The summed E-state index contributed by atoms with van der Waals surface area (Å²) in [6.45, 7) is 3.42. The predicted octanol–water partition coefficient (Wildman–Crippen LogP) is 3.54. The molecule has 0 atom stereocenters. The van der Waals surface area contributed by atoms with Gasteiger partial charge in [0.05, 0.1) is 17.0 Å². The second-order valence-corrected chi connectivity index (χ2v) is 10.9. The molecule has 0 unspecified atom stereocenters. The number of pyridine rings is 1. The molecule has 0 aliphatic rings. The number of sulfone groups is 2. The lowest BCUT2D eigenvalue weighted by Crippen LogP contribution is -2.17. The Labute approximate surface area is 171 Å². The van der Waals surface area contributed by atoms with Gasteiger partial charge in [-0.2, -0.15) is 0 Å². The van der Waals surface area contributed by atoms with Crippen LogP contribution in [0.15, 0.2) is 64.5 Å². The maximum Gasteiger partial charge on any atom is 0.211 e. The SMILES string of the molecule is CCCS(=O)(=O)c1c(S(=O)(=O)CCC)c2ccccn2c1C(=O)c1ccccc1. The number of rotatable bonds is 8. The zero-order valence-corrected chi connectivity index (χ0v) is 18.0. The summed E-state index contributed by atoms with van der Waals surface area (Å²) in [6, 6.07) is 13.1. The smallest absolute Gasteiger partial charge is 0.211 e. The van der Waals surface area contributed by atoms with Gasteiger partial charge in [0, 0.05) is 11.8 Å². The molecule has 0 aliphatic carbocycles. The Kier molecular flexibility index (Phi) is 5.95. The van der Waals surface area contributed by atoms with E-state index in [1.165, 1.54) is 16.7 Å². The van der Waals surface area contributed by atoms with Gasteiger partial charge in [-0.25, -0.2) is 16.8 Å². The molecule has 0 bridgehead atoms. The number of nitrogens with zero attached hydrogens (tertiary/aromatic N) is 1. The van der Waals surface area contributed by atoms with Gasteiger partial charge >= 0.3 is 0 Å². The van der Waals surface area contributed by atoms with Gasteiger partial charge in [-0.3, -0.25) is 4.79 Å². The molecule has 6 nitrogen and oxygen atoms in total. The Hall–Kier alpha value is -2.45. The zero-order chi connectivity index (χ0) is 21.2. The minimum absolute atomic E-state index is 0.130. The van der Waals surface area contributed by atoms with E-state index in [-0.39, 0.29) is 32.5 Å². The monoisotopic (exact) mass is 433 g/mol. The van der Waals surface area contributed by atoms with Gasteiger partial charge in [-0.1, -0.05) is 50.2 Å². The predicted molar refractivity (Wildman–Crippen MR) is 112 cm³/mol. The maximum absolute atomic E-state index is 13.4. The van der Waals surface area contributed by atoms with Crippen molar-refractivity contribution < 1.29 is 21.6 Å². The lowest BCUT2D eigenvalue weighted by molar-refractivity contribution is 0.103. The van der Waals surface area contributed by atoms with Crippen LogP contribution in [0.2, 0.25) is 0 Å². The molecule has 8 heteroatoms. The highest BCUT2D eigenvalue weighted by Crippen LogP contribution is 2.35. The summed E-state index contributed by atoms with van der Waals surface area (Å²) in [5.41, 5.74) is 0.368. The topological polar surface area (TPSA) is 89.8 Å². The number of hydrogen-bond acceptors (Lipinski definition) is 5. The highest BCUT2D eigenvalue weighted by Gasteiger charge is 2.36. The quantitative estimate of drug-likeness (QED) is 0.507. The molecular formula is C21H23NO5S2. The van der Waals surface area contributed by atoms with Crippen LogP contribution in [0.5, 0.6) is 0 Å². The van der Waals surface area contributed by atoms with Gasteiger partial charge in [0.15, 0.2) is 19.7 Å². The van der Waals surface area contributed by atoms with Crippen LogP contribution < -0.4 is 0 Å². The lowest BCUT2D eigenvalue weighted by atomic mass is 10.1. The fourth-order valence-corrected chi connectivity index (χ4v) is 7.41. The van der Waals surface area contributed by atoms with Gasteiger partial charge in [-0.15, -0.1) is 0 Å². The van der Waals surface area contributed by atoms with E-state index < -0.39 is 25.5 Å². The van der Waals surface area contributed by atoms with Crippen molar-refractivity contribution >= 4 is 31.0 Å². The number of carbonyl (C=O) groups excluding carboxylic acids is 1. The lowest BCUT2D eigenvalue weighted by Gasteiger charge is -2.09. The first-order chi connectivity index (χ1) is 13.7. The van der Waals surface area contributed by atoms with Crippen LogP contribution in [0.25, 0.3) is 5.52 Å². The van der Waals surface area contributed by atoms with Crippen molar-refractivity contribution in [2.45, 2.75) is 36.5 Å². The van der Waals surface area contributed by atoms with Crippen LogP contribution in [-0.4, -0.2) is 38.5 Å². The number of fused-ring (bicyclic) bond motifs is 1. The number of carbonyl (C=O) groups is 1. The average Bonchev–Trinajstić information content (AvgIpc) is 3.05. The van der Waals surface area contributed by atoms with E-state index in [1.807, 2.05) is 0 Å². The largest absolute Gasteiger partial charge is 0.311 e. The Bertz CT molecular complexity index is 1260. The number of aromatic nitrogens is 1. The highest BCUT2D eigenvalue weighted by molar-refractivity contribution is 7.94. The molecule has 0 fully saturated rings. The highest BCUT2D eigenvalue weighted by atomic mass is 32.2. The Morgan fingerprint density at radius 1 is 0.793 bits per heavy atom. The Morgan fingerprint density at radius 2 is 1.34 bits per heavy atom. The Balaban J connectivity index is 2.50. The molecule has 0 spiro atoms. The minimum atomic E-state index is -4.01. The van der Waals surface area contributed by atoms with Gasteiger partial charge < -0.3 is 4.40 Å². The van der Waals surface area contributed by atoms with Crippen molar-refractivity contribution in [3.05, 3.63) is 66.0 Å². The van der Waals surface area contributed by atoms with Gasteiger partial charge in [-0.05, 0) is 25.0 Å². The van der Waals surface area contributed by atoms with E-state index in [2.05, 4.69) is 0 Å². The minimum Gasteiger partial charge on any atom is -0.311 e. The third kappa shape index (κ3) is 3.86. The summed E-state index contributed by atoms with van der Waals surface area (Å²) in [6.07, 6.45) is 2.17. The molecule has 0 aliphatic heterocycles. The molecule has 0 radical (unpaired) electrons.